The predicted octanol–water partition coefficient (Wildman–Crippen LogP) is 4.08. The van der Waals surface area contributed by atoms with Gasteiger partial charge in [0, 0.05) is 17.5 Å². The highest BCUT2D eigenvalue weighted by Crippen LogP contribution is 2.36. The van der Waals surface area contributed by atoms with Gasteiger partial charge in [-0.3, -0.25) is 9.69 Å². The minimum absolute atomic E-state index is 0.185. The number of aromatic nitrogens is 2. The molecule has 8 nitrogen and oxygen atoms in total. The van der Waals surface area contributed by atoms with Crippen molar-refractivity contribution < 1.29 is 19.3 Å². The molecule has 3 aromatic rings. The Morgan fingerprint density at radius 3 is 2.71 bits per heavy atom. The maximum absolute atomic E-state index is 13.1. The van der Waals surface area contributed by atoms with Crippen LogP contribution in [0.5, 0.6) is 11.5 Å². The number of methoxy groups -OCH3 is 2. The molecular formula is C26H35N3O5S. The van der Waals surface area contributed by atoms with Gasteiger partial charge in [-0.05, 0) is 36.6 Å². The molecule has 0 saturated heterocycles. The summed E-state index contributed by atoms with van der Waals surface area (Å²) in [6, 6.07) is 5.58. The number of benzene rings is 1. The summed E-state index contributed by atoms with van der Waals surface area (Å²) in [6.45, 7) is 10.2. The summed E-state index contributed by atoms with van der Waals surface area (Å²) in [5, 5.41) is 12.9. The Morgan fingerprint density at radius 2 is 2.03 bits per heavy atom. The second kappa shape index (κ2) is 12.8. The Bertz CT molecular complexity index is 1170. The van der Waals surface area contributed by atoms with E-state index in [1.807, 2.05) is 23.6 Å². The average Bonchev–Trinajstić information content (AvgIpc) is 3.26. The smallest absolute Gasteiger partial charge is 0.260 e. The Hall–Kier alpha value is -2.72. The normalized spacial score (nSPS) is 12.4. The lowest BCUT2D eigenvalue weighted by atomic mass is 10.1. The molecule has 0 amide bonds. The minimum Gasteiger partial charge on any atom is -0.493 e. The first-order valence-corrected chi connectivity index (χ1v) is 12.6. The van der Waals surface area contributed by atoms with Gasteiger partial charge in [0.1, 0.15) is 10.7 Å². The lowest BCUT2D eigenvalue weighted by Gasteiger charge is -2.25. The first kappa shape index (κ1) is 26.9. The van der Waals surface area contributed by atoms with Gasteiger partial charge in [0.25, 0.3) is 5.56 Å². The molecule has 1 aromatic carbocycles. The number of rotatable bonds is 14. The van der Waals surface area contributed by atoms with E-state index in [2.05, 4.69) is 30.3 Å². The number of aliphatic hydroxyl groups is 1. The van der Waals surface area contributed by atoms with Crippen molar-refractivity contribution >= 4 is 21.6 Å². The van der Waals surface area contributed by atoms with Gasteiger partial charge in [0.2, 0.25) is 0 Å². The van der Waals surface area contributed by atoms with E-state index in [1.165, 1.54) is 11.3 Å². The molecule has 1 atom stereocenters. The zero-order chi connectivity index (χ0) is 25.4. The van der Waals surface area contributed by atoms with Gasteiger partial charge >= 0.3 is 0 Å². The lowest BCUT2D eigenvalue weighted by Crippen LogP contribution is -2.36. The van der Waals surface area contributed by atoms with Gasteiger partial charge in [-0.25, -0.2) is 4.98 Å². The van der Waals surface area contributed by atoms with Crippen LogP contribution < -0.4 is 15.0 Å². The monoisotopic (exact) mass is 501 g/mol. The van der Waals surface area contributed by atoms with E-state index in [4.69, 9.17) is 19.2 Å². The van der Waals surface area contributed by atoms with Crippen LogP contribution in [-0.2, 0) is 11.3 Å². The number of hydrogen-bond acceptors (Lipinski definition) is 8. The molecule has 190 valence electrons. The molecule has 0 aliphatic heterocycles. The molecule has 2 aromatic heterocycles. The van der Waals surface area contributed by atoms with E-state index in [1.54, 1.807) is 20.3 Å². The van der Waals surface area contributed by atoms with Crippen LogP contribution >= 0.6 is 11.3 Å². The molecule has 0 unspecified atom stereocenters. The molecule has 9 heteroatoms. The largest absolute Gasteiger partial charge is 0.493 e. The molecular weight excluding hydrogens is 466 g/mol. The van der Waals surface area contributed by atoms with E-state index in [-0.39, 0.29) is 12.2 Å². The van der Waals surface area contributed by atoms with Crippen molar-refractivity contribution in [1.29, 1.82) is 0 Å². The molecule has 3 rings (SSSR count). The molecule has 0 aliphatic carbocycles. The highest BCUT2D eigenvalue weighted by Gasteiger charge is 2.18. The molecule has 2 N–H and O–H groups in total. The molecule has 0 radical (unpaired) electrons. The van der Waals surface area contributed by atoms with Crippen LogP contribution in [0.2, 0.25) is 0 Å². The molecule has 0 spiro atoms. The number of aromatic amines is 1. The number of nitrogens with one attached hydrogen (secondary N) is 1. The third-order valence-corrected chi connectivity index (χ3v) is 6.47. The number of nitrogens with zero attached hydrogens (tertiary/aromatic N) is 2. The minimum atomic E-state index is -0.643. The molecule has 35 heavy (non-hydrogen) atoms. The fraction of sp³-hybridized carbons (Fsp3) is 0.462. The van der Waals surface area contributed by atoms with Gasteiger partial charge in [0.05, 0.1) is 45.5 Å². The number of fused-ring (bicyclic) bond motifs is 1. The van der Waals surface area contributed by atoms with E-state index >= 15 is 0 Å². The third kappa shape index (κ3) is 7.14. The van der Waals surface area contributed by atoms with E-state index < -0.39 is 6.10 Å². The predicted molar refractivity (Wildman–Crippen MR) is 141 cm³/mol. The van der Waals surface area contributed by atoms with Crippen molar-refractivity contribution in [2.75, 3.05) is 40.5 Å². The summed E-state index contributed by atoms with van der Waals surface area (Å²) in [4.78, 5) is 23.6. The van der Waals surface area contributed by atoms with Gasteiger partial charge < -0.3 is 24.3 Å². The summed E-state index contributed by atoms with van der Waals surface area (Å²) >= 11 is 1.43. The second-order valence-electron chi connectivity index (χ2n) is 8.81. The maximum Gasteiger partial charge on any atom is 0.260 e. The quantitative estimate of drug-likeness (QED) is 0.254. The van der Waals surface area contributed by atoms with Crippen LogP contribution in [0.25, 0.3) is 21.3 Å². The van der Waals surface area contributed by atoms with Crippen molar-refractivity contribution in [3.8, 4) is 22.6 Å². The fourth-order valence-electron chi connectivity index (χ4n) is 3.81. The number of H-pyrrole nitrogens is 1. The van der Waals surface area contributed by atoms with Crippen LogP contribution in [0, 0.1) is 5.92 Å². The van der Waals surface area contributed by atoms with E-state index in [0.717, 1.165) is 24.1 Å². The number of hydrogen-bond donors (Lipinski definition) is 2. The summed E-state index contributed by atoms with van der Waals surface area (Å²) in [5.41, 5.74) is 1.47. The second-order valence-corrected chi connectivity index (χ2v) is 9.67. The summed E-state index contributed by atoms with van der Waals surface area (Å²) in [7, 11) is 3.17. The number of thiophene rings is 1. The fourth-order valence-corrected chi connectivity index (χ4v) is 4.78. The average molecular weight is 502 g/mol. The summed E-state index contributed by atoms with van der Waals surface area (Å²) in [5.74, 6) is 2.32. The molecule has 2 heterocycles. The van der Waals surface area contributed by atoms with Crippen LogP contribution in [0.3, 0.4) is 0 Å². The zero-order valence-electron chi connectivity index (χ0n) is 20.9. The first-order valence-electron chi connectivity index (χ1n) is 11.7. The van der Waals surface area contributed by atoms with Crippen LogP contribution in [-0.4, -0.2) is 66.6 Å². The van der Waals surface area contributed by atoms with Gasteiger partial charge in [-0.1, -0.05) is 26.0 Å². The van der Waals surface area contributed by atoms with Gasteiger partial charge in [-0.15, -0.1) is 17.9 Å². The Morgan fingerprint density at radius 1 is 1.26 bits per heavy atom. The number of aliphatic hydroxyl groups excluding tert-OH is 1. The van der Waals surface area contributed by atoms with Crippen molar-refractivity contribution in [3.63, 3.8) is 0 Å². The topological polar surface area (TPSA) is 96.9 Å². The molecule has 0 bridgehead atoms. The van der Waals surface area contributed by atoms with Gasteiger partial charge in [0.15, 0.2) is 11.5 Å². The van der Waals surface area contributed by atoms with E-state index in [0.29, 0.717) is 53.2 Å². The lowest BCUT2D eigenvalue weighted by molar-refractivity contribution is 0.0232. The SMILES string of the molecule is C=CCOC[C@@H](O)CN(CCC(C)C)Cc1nc2scc(-c3ccc(OC)c(OC)c3)c2c(=O)[nH]1. The summed E-state index contributed by atoms with van der Waals surface area (Å²) in [6.07, 6.45) is 1.98. The standard InChI is InChI=1S/C26H35N3O5S/c1-6-11-34-15-19(30)13-29(10-9-17(2)3)14-23-27-25(31)24-20(16-35-26(24)28-23)18-7-8-21(32-4)22(12-18)33-5/h6-8,12,16-17,19,30H,1,9-11,13-15H2,2-5H3,(H,27,28,31)/t19-/m0/s1. The van der Waals surface area contributed by atoms with Crippen molar-refractivity contribution in [1.82, 2.24) is 14.9 Å². The Balaban J connectivity index is 1.85. The van der Waals surface area contributed by atoms with Crippen molar-refractivity contribution in [2.45, 2.75) is 32.9 Å². The van der Waals surface area contributed by atoms with Crippen molar-refractivity contribution in [3.05, 3.63) is 52.4 Å². The Kier molecular flexibility index (Phi) is 9.85. The van der Waals surface area contributed by atoms with E-state index in [9.17, 15) is 9.90 Å². The summed E-state index contributed by atoms with van der Waals surface area (Å²) < 4.78 is 16.1. The zero-order valence-corrected chi connectivity index (χ0v) is 21.7. The Labute approximate surface area is 210 Å². The van der Waals surface area contributed by atoms with Crippen molar-refractivity contribution in [2.24, 2.45) is 5.92 Å². The molecule has 0 saturated carbocycles. The highest BCUT2D eigenvalue weighted by atomic mass is 32.1. The first-order chi connectivity index (χ1) is 16.9. The van der Waals surface area contributed by atoms with Crippen LogP contribution in [0.1, 0.15) is 26.1 Å². The molecule has 0 aliphatic rings. The number of ether oxygens (including phenoxy) is 3. The highest BCUT2D eigenvalue weighted by molar-refractivity contribution is 7.17. The third-order valence-electron chi connectivity index (χ3n) is 5.60. The molecule has 0 fully saturated rings. The van der Waals surface area contributed by atoms with Gasteiger partial charge in [-0.2, -0.15) is 0 Å². The van der Waals surface area contributed by atoms with Crippen LogP contribution in [0.4, 0.5) is 0 Å². The maximum atomic E-state index is 13.1. The van der Waals surface area contributed by atoms with Crippen LogP contribution in [0.15, 0.2) is 41.0 Å².